The zero-order valence-corrected chi connectivity index (χ0v) is 12.1. The minimum absolute atomic E-state index is 0.0604. The van der Waals surface area contributed by atoms with Crippen LogP contribution < -0.4 is 0 Å². The fraction of sp³-hybridized carbons (Fsp3) is 0.286. The van der Waals surface area contributed by atoms with E-state index in [0.717, 1.165) is 4.90 Å². The molecule has 1 aliphatic heterocycles. The fourth-order valence-corrected chi connectivity index (χ4v) is 2.70. The summed E-state index contributed by atoms with van der Waals surface area (Å²) in [6.07, 6.45) is 5.02. The second kappa shape index (κ2) is 6.64. The average molecular weight is 302 g/mol. The Morgan fingerprint density at radius 1 is 1.14 bits per heavy atom. The van der Waals surface area contributed by atoms with Crippen molar-refractivity contribution in [3.05, 3.63) is 42.5 Å². The van der Waals surface area contributed by atoms with Gasteiger partial charge in [0.2, 0.25) is 0 Å². The number of amides is 1. The van der Waals surface area contributed by atoms with Gasteiger partial charge in [0.05, 0.1) is 13.2 Å². The molecule has 1 fully saturated rings. The van der Waals surface area contributed by atoms with Gasteiger partial charge >= 0.3 is 0 Å². The first-order chi connectivity index (χ1) is 10.3. The first-order valence-electron chi connectivity index (χ1n) is 6.61. The maximum atomic E-state index is 12.4. The van der Waals surface area contributed by atoms with E-state index >= 15 is 0 Å². The van der Waals surface area contributed by atoms with Crippen LogP contribution in [-0.4, -0.2) is 52.1 Å². The highest BCUT2D eigenvalue weighted by molar-refractivity contribution is 7.99. The second-order valence-electron chi connectivity index (χ2n) is 4.41. The molecule has 0 atom stereocenters. The van der Waals surface area contributed by atoms with Gasteiger partial charge in [-0.05, 0) is 30.0 Å². The molecule has 0 bridgehead atoms. The lowest BCUT2D eigenvalue weighted by Gasteiger charge is -2.26. The molecule has 2 aromatic rings. The van der Waals surface area contributed by atoms with Crippen LogP contribution in [0.15, 0.2) is 46.8 Å². The molecule has 21 heavy (non-hydrogen) atoms. The maximum absolute atomic E-state index is 12.4. The number of aromatic nitrogens is 3. The second-order valence-corrected chi connectivity index (χ2v) is 5.46. The highest BCUT2D eigenvalue weighted by Gasteiger charge is 2.19. The molecule has 1 saturated heterocycles. The Labute approximate surface area is 126 Å². The topological polar surface area (TPSA) is 68.2 Å². The highest BCUT2D eigenvalue weighted by Crippen LogP contribution is 2.24. The van der Waals surface area contributed by atoms with Crippen LogP contribution in [0.4, 0.5) is 0 Å². The lowest BCUT2D eigenvalue weighted by molar-refractivity contribution is 0.0299. The lowest BCUT2D eigenvalue weighted by atomic mass is 10.3. The van der Waals surface area contributed by atoms with E-state index in [2.05, 4.69) is 15.0 Å². The Morgan fingerprint density at radius 2 is 1.90 bits per heavy atom. The van der Waals surface area contributed by atoms with Crippen LogP contribution >= 0.6 is 11.8 Å². The van der Waals surface area contributed by atoms with Gasteiger partial charge in [-0.15, -0.1) is 0 Å². The van der Waals surface area contributed by atoms with Crippen molar-refractivity contribution >= 4 is 17.7 Å². The molecule has 0 radical (unpaired) electrons. The van der Waals surface area contributed by atoms with Crippen LogP contribution in [0.2, 0.25) is 0 Å². The van der Waals surface area contributed by atoms with Crippen LogP contribution in [0.1, 0.15) is 10.5 Å². The fourth-order valence-electron chi connectivity index (χ4n) is 1.96. The standard InChI is InChI=1S/C14H14N4O2S/c19-13(18-6-8-20-9-7-18)12-10-11(2-5-15-12)21-14-16-3-1-4-17-14/h1-5,10H,6-9H2. The largest absolute Gasteiger partial charge is 0.378 e. The molecule has 0 unspecified atom stereocenters. The van der Waals surface area contributed by atoms with E-state index in [1.54, 1.807) is 35.6 Å². The number of pyridine rings is 1. The summed E-state index contributed by atoms with van der Waals surface area (Å²) in [5.74, 6) is -0.0604. The quantitative estimate of drug-likeness (QED) is 0.800. The van der Waals surface area contributed by atoms with Gasteiger partial charge in [-0.2, -0.15) is 0 Å². The van der Waals surface area contributed by atoms with Gasteiger partial charge in [-0.25, -0.2) is 9.97 Å². The molecule has 3 rings (SSSR count). The number of nitrogens with zero attached hydrogens (tertiary/aromatic N) is 4. The summed E-state index contributed by atoms with van der Waals surface area (Å²) >= 11 is 1.41. The SMILES string of the molecule is O=C(c1cc(Sc2ncccn2)ccn1)N1CCOCC1. The zero-order chi connectivity index (χ0) is 14.5. The molecule has 0 N–H and O–H groups in total. The van der Waals surface area contributed by atoms with E-state index in [1.165, 1.54) is 11.8 Å². The van der Waals surface area contributed by atoms with Gasteiger partial charge in [0, 0.05) is 36.6 Å². The number of rotatable bonds is 3. The molecule has 108 valence electrons. The summed E-state index contributed by atoms with van der Waals surface area (Å²) in [5.41, 5.74) is 0.442. The Morgan fingerprint density at radius 3 is 2.67 bits per heavy atom. The van der Waals surface area contributed by atoms with E-state index in [1.807, 2.05) is 6.07 Å². The molecule has 7 heteroatoms. The van der Waals surface area contributed by atoms with Crippen molar-refractivity contribution < 1.29 is 9.53 Å². The van der Waals surface area contributed by atoms with Gasteiger partial charge in [0.25, 0.3) is 5.91 Å². The predicted molar refractivity (Wildman–Crippen MR) is 77.1 cm³/mol. The van der Waals surface area contributed by atoms with E-state index < -0.39 is 0 Å². The zero-order valence-electron chi connectivity index (χ0n) is 11.3. The Balaban J connectivity index is 1.75. The molecule has 3 heterocycles. The van der Waals surface area contributed by atoms with E-state index in [9.17, 15) is 4.79 Å². The number of hydrogen-bond donors (Lipinski definition) is 0. The van der Waals surface area contributed by atoms with Crippen molar-refractivity contribution in [3.8, 4) is 0 Å². The summed E-state index contributed by atoms with van der Waals surface area (Å²) in [6, 6.07) is 5.39. The molecule has 0 aromatic carbocycles. The predicted octanol–water partition coefficient (Wildman–Crippen LogP) is 1.50. The first-order valence-corrected chi connectivity index (χ1v) is 7.42. The van der Waals surface area contributed by atoms with Crippen molar-refractivity contribution in [3.63, 3.8) is 0 Å². The first kappa shape index (κ1) is 14.0. The molecular weight excluding hydrogens is 288 g/mol. The molecule has 0 spiro atoms. The smallest absolute Gasteiger partial charge is 0.272 e. The third kappa shape index (κ3) is 3.56. The van der Waals surface area contributed by atoms with Crippen LogP contribution in [0.5, 0.6) is 0 Å². The van der Waals surface area contributed by atoms with Crippen LogP contribution in [-0.2, 0) is 4.74 Å². The lowest BCUT2D eigenvalue weighted by Crippen LogP contribution is -2.41. The number of carbonyl (C=O) groups is 1. The van der Waals surface area contributed by atoms with E-state index in [-0.39, 0.29) is 5.91 Å². The number of hydrogen-bond acceptors (Lipinski definition) is 6. The van der Waals surface area contributed by atoms with Crippen molar-refractivity contribution in [1.29, 1.82) is 0 Å². The molecule has 2 aromatic heterocycles. The van der Waals surface area contributed by atoms with Gasteiger partial charge in [0.15, 0.2) is 5.16 Å². The highest BCUT2D eigenvalue weighted by atomic mass is 32.2. The minimum atomic E-state index is -0.0604. The van der Waals surface area contributed by atoms with E-state index in [4.69, 9.17) is 4.74 Å². The van der Waals surface area contributed by atoms with Crippen molar-refractivity contribution in [2.75, 3.05) is 26.3 Å². The van der Waals surface area contributed by atoms with Crippen LogP contribution in [0.25, 0.3) is 0 Å². The van der Waals surface area contributed by atoms with E-state index in [0.29, 0.717) is 37.2 Å². The third-order valence-electron chi connectivity index (χ3n) is 3.00. The summed E-state index contributed by atoms with van der Waals surface area (Å²) in [5, 5.41) is 0.647. The normalized spacial score (nSPS) is 15.0. The monoisotopic (exact) mass is 302 g/mol. The van der Waals surface area contributed by atoms with Crippen LogP contribution in [0.3, 0.4) is 0 Å². The van der Waals surface area contributed by atoms with Gasteiger partial charge in [0.1, 0.15) is 5.69 Å². The minimum Gasteiger partial charge on any atom is -0.378 e. The molecule has 0 saturated carbocycles. The summed E-state index contributed by atoms with van der Waals surface area (Å²) < 4.78 is 5.25. The Bertz CT molecular complexity index is 617. The summed E-state index contributed by atoms with van der Waals surface area (Å²) in [6.45, 7) is 2.38. The summed E-state index contributed by atoms with van der Waals surface area (Å²) in [4.78, 5) is 27.5. The molecule has 1 amide bonds. The van der Waals surface area contributed by atoms with Gasteiger partial charge in [-0.1, -0.05) is 0 Å². The van der Waals surface area contributed by atoms with Crippen LogP contribution in [0, 0.1) is 0 Å². The summed E-state index contributed by atoms with van der Waals surface area (Å²) in [7, 11) is 0. The maximum Gasteiger partial charge on any atom is 0.272 e. The molecular formula is C14H14N4O2S. The van der Waals surface area contributed by atoms with Crippen molar-refractivity contribution in [1.82, 2.24) is 19.9 Å². The Kier molecular flexibility index (Phi) is 4.42. The van der Waals surface area contributed by atoms with Crippen molar-refractivity contribution in [2.24, 2.45) is 0 Å². The van der Waals surface area contributed by atoms with Gasteiger partial charge < -0.3 is 9.64 Å². The number of ether oxygens (including phenoxy) is 1. The van der Waals surface area contributed by atoms with Gasteiger partial charge in [-0.3, -0.25) is 9.78 Å². The molecule has 0 aliphatic carbocycles. The average Bonchev–Trinajstić information content (AvgIpc) is 2.56. The van der Waals surface area contributed by atoms with Crippen molar-refractivity contribution in [2.45, 2.75) is 10.1 Å². The Hall–Kier alpha value is -1.99. The number of morpholine rings is 1. The molecule has 6 nitrogen and oxygen atoms in total. The third-order valence-corrected chi connectivity index (χ3v) is 3.88. The molecule has 1 aliphatic rings. The number of carbonyl (C=O) groups excluding carboxylic acids is 1.